The Hall–Kier alpha value is -2.60. The van der Waals surface area contributed by atoms with Crippen LogP contribution in [0.2, 0.25) is 0 Å². The van der Waals surface area contributed by atoms with Crippen LogP contribution in [0.15, 0.2) is 48.1 Å². The Balaban J connectivity index is 1.55. The van der Waals surface area contributed by atoms with E-state index in [1.54, 1.807) is 29.8 Å². The van der Waals surface area contributed by atoms with Crippen molar-refractivity contribution in [3.05, 3.63) is 59.4 Å². The molecule has 0 bridgehead atoms. The number of nitrogens with one attached hydrogen (secondary N) is 2. The van der Waals surface area contributed by atoms with Crippen LogP contribution < -0.4 is 10.1 Å². The highest BCUT2D eigenvalue weighted by Crippen LogP contribution is 2.25. The summed E-state index contributed by atoms with van der Waals surface area (Å²) in [5.74, 6) is 1.07. The lowest BCUT2D eigenvalue weighted by atomic mass is 10.2. The van der Waals surface area contributed by atoms with Gasteiger partial charge in [0.1, 0.15) is 11.4 Å². The molecular formula is C20H23N3O2S. The number of benzene rings is 1. The third kappa shape index (κ3) is 4.73. The molecule has 26 heavy (non-hydrogen) atoms. The number of aromatic nitrogens is 2. The van der Waals surface area contributed by atoms with Gasteiger partial charge >= 0.3 is 0 Å². The highest BCUT2D eigenvalue weighted by molar-refractivity contribution is 7.13. The summed E-state index contributed by atoms with van der Waals surface area (Å²) in [5.41, 5.74) is 2.59. The number of ether oxygens (including phenoxy) is 1. The monoisotopic (exact) mass is 369 g/mol. The second-order valence-electron chi connectivity index (χ2n) is 6.45. The number of nitrogens with zero attached hydrogens (tertiary/aromatic N) is 1. The molecule has 0 fully saturated rings. The first kappa shape index (κ1) is 18.2. The molecule has 0 radical (unpaired) electrons. The number of carbonyl (C=O) groups excluding carboxylic acids is 1. The number of rotatable bonds is 8. The lowest BCUT2D eigenvalue weighted by Gasteiger charge is -2.10. The SMILES string of the molecule is CC(C)COc1cccc(C(=O)NCCc2[nH]cnc2-c2cccs2)c1. The van der Waals surface area contributed by atoms with Gasteiger partial charge in [-0.2, -0.15) is 0 Å². The highest BCUT2D eigenvalue weighted by atomic mass is 32.1. The van der Waals surface area contributed by atoms with Crippen LogP contribution in [0.25, 0.3) is 10.6 Å². The lowest BCUT2D eigenvalue weighted by molar-refractivity contribution is 0.0953. The third-order valence-corrected chi connectivity index (χ3v) is 4.69. The molecule has 1 aromatic carbocycles. The maximum absolute atomic E-state index is 12.4. The van der Waals surface area contributed by atoms with Crippen molar-refractivity contribution in [2.24, 2.45) is 5.92 Å². The molecule has 3 aromatic rings. The second-order valence-corrected chi connectivity index (χ2v) is 7.39. The zero-order valence-electron chi connectivity index (χ0n) is 15.0. The predicted octanol–water partition coefficient (Wildman–Crippen LogP) is 4.15. The molecule has 0 saturated heterocycles. The summed E-state index contributed by atoms with van der Waals surface area (Å²) in [5, 5.41) is 4.99. The van der Waals surface area contributed by atoms with Crippen molar-refractivity contribution < 1.29 is 9.53 Å². The summed E-state index contributed by atoms with van der Waals surface area (Å²) >= 11 is 1.66. The first-order valence-corrected chi connectivity index (χ1v) is 9.58. The van der Waals surface area contributed by atoms with Gasteiger partial charge in [-0.3, -0.25) is 4.79 Å². The van der Waals surface area contributed by atoms with Crippen molar-refractivity contribution >= 4 is 17.2 Å². The van der Waals surface area contributed by atoms with Crippen LogP contribution >= 0.6 is 11.3 Å². The number of amides is 1. The van der Waals surface area contributed by atoms with E-state index in [-0.39, 0.29) is 5.91 Å². The number of hydrogen-bond acceptors (Lipinski definition) is 4. The van der Waals surface area contributed by atoms with Gasteiger partial charge in [0.2, 0.25) is 0 Å². The van der Waals surface area contributed by atoms with E-state index in [0.717, 1.165) is 22.0 Å². The van der Waals surface area contributed by atoms with Crippen molar-refractivity contribution in [2.45, 2.75) is 20.3 Å². The van der Waals surface area contributed by atoms with Crippen LogP contribution in [0.4, 0.5) is 0 Å². The maximum Gasteiger partial charge on any atom is 0.251 e. The molecule has 0 aliphatic heterocycles. The molecule has 136 valence electrons. The molecule has 0 spiro atoms. The van der Waals surface area contributed by atoms with E-state index in [4.69, 9.17) is 4.74 Å². The number of carbonyl (C=O) groups is 1. The number of H-pyrrole nitrogens is 1. The normalized spacial score (nSPS) is 10.9. The molecule has 1 amide bonds. The van der Waals surface area contributed by atoms with Crippen molar-refractivity contribution in [2.75, 3.05) is 13.2 Å². The molecule has 6 heteroatoms. The van der Waals surface area contributed by atoms with Crippen LogP contribution in [0.3, 0.4) is 0 Å². The Morgan fingerprint density at radius 2 is 2.19 bits per heavy atom. The van der Waals surface area contributed by atoms with E-state index < -0.39 is 0 Å². The summed E-state index contributed by atoms with van der Waals surface area (Å²) in [6, 6.07) is 11.3. The number of hydrogen-bond donors (Lipinski definition) is 2. The van der Waals surface area contributed by atoms with E-state index >= 15 is 0 Å². The van der Waals surface area contributed by atoms with Gasteiger partial charge < -0.3 is 15.0 Å². The van der Waals surface area contributed by atoms with E-state index in [1.807, 2.05) is 29.6 Å². The quantitative estimate of drug-likeness (QED) is 0.627. The molecule has 0 saturated carbocycles. The average Bonchev–Trinajstić information content (AvgIpc) is 3.31. The van der Waals surface area contributed by atoms with Crippen LogP contribution in [0, 0.1) is 5.92 Å². The Morgan fingerprint density at radius 1 is 1.31 bits per heavy atom. The summed E-state index contributed by atoms with van der Waals surface area (Å²) in [6.45, 7) is 5.36. The number of aromatic amines is 1. The summed E-state index contributed by atoms with van der Waals surface area (Å²) in [6.07, 6.45) is 2.39. The van der Waals surface area contributed by atoms with Crippen LogP contribution in [-0.2, 0) is 6.42 Å². The Labute approximate surface area is 157 Å². The fourth-order valence-corrected chi connectivity index (χ4v) is 3.28. The smallest absolute Gasteiger partial charge is 0.251 e. The standard InChI is InChI=1S/C20H23N3O2S/c1-14(2)12-25-16-6-3-5-15(11-16)20(24)21-9-8-17-19(23-13-22-17)18-7-4-10-26-18/h3-7,10-11,13-14H,8-9,12H2,1-2H3,(H,21,24)(H,22,23). The molecule has 0 unspecified atom stereocenters. The zero-order chi connectivity index (χ0) is 18.4. The van der Waals surface area contributed by atoms with E-state index in [1.165, 1.54) is 0 Å². The molecule has 3 rings (SSSR count). The van der Waals surface area contributed by atoms with Gasteiger partial charge in [0.25, 0.3) is 5.91 Å². The molecular weight excluding hydrogens is 346 g/mol. The summed E-state index contributed by atoms with van der Waals surface area (Å²) in [4.78, 5) is 21.1. The van der Waals surface area contributed by atoms with Crippen LogP contribution in [0.5, 0.6) is 5.75 Å². The molecule has 0 aliphatic rings. The van der Waals surface area contributed by atoms with Gasteiger partial charge in [-0.1, -0.05) is 26.0 Å². The Morgan fingerprint density at radius 3 is 2.96 bits per heavy atom. The molecule has 5 nitrogen and oxygen atoms in total. The minimum atomic E-state index is -0.0998. The van der Waals surface area contributed by atoms with Gasteiger partial charge in [-0.15, -0.1) is 11.3 Å². The third-order valence-electron chi connectivity index (χ3n) is 3.81. The average molecular weight is 369 g/mol. The first-order valence-electron chi connectivity index (χ1n) is 8.70. The largest absolute Gasteiger partial charge is 0.493 e. The van der Waals surface area contributed by atoms with Gasteiger partial charge in [-0.25, -0.2) is 4.98 Å². The van der Waals surface area contributed by atoms with Crippen molar-refractivity contribution in [1.82, 2.24) is 15.3 Å². The number of thiophene rings is 1. The fraction of sp³-hybridized carbons (Fsp3) is 0.300. The van der Waals surface area contributed by atoms with Crippen molar-refractivity contribution in [1.29, 1.82) is 0 Å². The minimum absolute atomic E-state index is 0.0998. The maximum atomic E-state index is 12.4. The first-order chi connectivity index (χ1) is 12.6. The number of imidazole rings is 1. The summed E-state index contributed by atoms with van der Waals surface area (Å²) < 4.78 is 5.69. The molecule has 0 aliphatic carbocycles. The highest BCUT2D eigenvalue weighted by Gasteiger charge is 2.11. The Bertz CT molecular complexity index is 840. The molecule has 0 atom stereocenters. The zero-order valence-corrected chi connectivity index (χ0v) is 15.8. The van der Waals surface area contributed by atoms with Gasteiger partial charge in [0.15, 0.2) is 0 Å². The second kappa shape index (κ2) is 8.67. The van der Waals surface area contributed by atoms with E-state index in [9.17, 15) is 4.79 Å². The van der Waals surface area contributed by atoms with Crippen molar-refractivity contribution in [3.8, 4) is 16.3 Å². The van der Waals surface area contributed by atoms with Gasteiger partial charge in [-0.05, 0) is 35.6 Å². The Kier molecular flexibility index (Phi) is 6.07. The van der Waals surface area contributed by atoms with Crippen molar-refractivity contribution in [3.63, 3.8) is 0 Å². The molecule has 2 N–H and O–H groups in total. The predicted molar refractivity (Wildman–Crippen MR) is 105 cm³/mol. The molecule has 2 aromatic heterocycles. The van der Waals surface area contributed by atoms with Gasteiger partial charge in [0.05, 0.1) is 17.8 Å². The van der Waals surface area contributed by atoms with E-state index in [2.05, 4.69) is 29.1 Å². The topological polar surface area (TPSA) is 67.0 Å². The summed E-state index contributed by atoms with van der Waals surface area (Å²) in [7, 11) is 0. The van der Waals surface area contributed by atoms with Crippen LogP contribution in [-0.4, -0.2) is 29.0 Å². The van der Waals surface area contributed by atoms with Gasteiger partial charge in [0, 0.05) is 24.2 Å². The van der Waals surface area contributed by atoms with Crippen LogP contribution in [0.1, 0.15) is 29.9 Å². The van der Waals surface area contributed by atoms with E-state index in [0.29, 0.717) is 31.1 Å². The minimum Gasteiger partial charge on any atom is -0.493 e. The lowest BCUT2D eigenvalue weighted by Crippen LogP contribution is -2.25. The fourth-order valence-electron chi connectivity index (χ4n) is 2.53. The molecule has 2 heterocycles.